The first-order valence-corrected chi connectivity index (χ1v) is 10.5. The topological polar surface area (TPSA) is 67.8 Å². The van der Waals surface area contributed by atoms with Gasteiger partial charge in [0.05, 0.1) is 19.8 Å². The van der Waals surface area contributed by atoms with Crippen LogP contribution in [0.1, 0.15) is 43.7 Å². The molecule has 1 aliphatic carbocycles. The van der Waals surface area contributed by atoms with Crippen LogP contribution in [0, 0.1) is 0 Å². The van der Waals surface area contributed by atoms with E-state index in [1.807, 2.05) is 24.4 Å². The first-order valence-electron chi connectivity index (χ1n) is 10.5. The highest BCUT2D eigenvalue weighted by molar-refractivity contribution is 5.79. The number of guanidine groups is 1. The van der Waals surface area contributed by atoms with Gasteiger partial charge in [-0.15, -0.1) is 0 Å². The lowest BCUT2D eigenvalue weighted by Gasteiger charge is -2.19. The zero-order valence-corrected chi connectivity index (χ0v) is 17.5. The number of hydrogen-bond acceptors (Lipinski definition) is 4. The van der Waals surface area contributed by atoms with E-state index >= 15 is 0 Å². The van der Waals surface area contributed by atoms with Gasteiger partial charge in [0, 0.05) is 31.0 Å². The molecule has 1 aliphatic rings. The molecule has 29 heavy (non-hydrogen) atoms. The van der Waals surface area contributed by atoms with Gasteiger partial charge in [-0.25, -0.2) is 4.99 Å². The van der Waals surface area contributed by atoms with E-state index in [0.717, 1.165) is 55.4 Å². The molecule has 0 atom stereocenters. The number of pyridine rings is 1. The van der Waals surface area contributed by atoms with E-state index in [1.54, 1.807) is 13.3 Å². The fourth-order valence-electron chi connectivity index (χ4n) is 3.53. The molecule has 0 radical (unpaired) electrons. The van der Waals surface area contributed by atoms with Crippen molar-refractivity contribution < 1.29 is 9.47 Å². The van der Waals surface area contributed by atoms with E-state index in [1.165, 1.54) is 18.4 Å². The van der Waals surface area contributed by atoms with Crippen molar-refractivity contribution in [3.63, 3.8) is 0 Å². The molecule has 1 heterocycles. The van der Waals surface area contributed by atoms with Crippen molar-refractivity contribution in [1.82, 2.24) is 15.6 Å². The Labute approximate surface area is 173 Å². The van der Waals surface area contributed by atoms with Crippen LogP contribution in [0.5, 0.6) is 11.5 Å². The standard InChI is InChI=1S/C23H32N4O2/c1-3-25-23(26-15-13-18-8-7-14-24-16-18)27-17-19-9-6-12-21(28-2)22(19)29-20-10-4-5-11-20/h6-9,12,14,16,20H,3-5,10-11,13,15,17H2,1-2H3,(H2,25,26,27). The maximum Gasteiger partial charge on any atom is 0.191 e. The molecular formula is C23H32N4O2. The van der Waals surface area contributed by atoms with Gasteiger partial charge >= 0.3 is 0 Å². The van der Waals surface area contributed by atoms with E-state index in [-0.39, 0.29) is 6.10 Å². The van der Waals surface area contributed by atoms with Crippen LogP contribution in [-0.2, 0) is 13.0 Å². The van der Waals surface area contributed by atoms with Crippen molar-refractivity contribution >= 4 is 5.96 Å². The highest BCUT2D eigenvalue weighted by Gasteiger charge is 2.20. The van der Waals surface area contributed by atoms with Gasteiger partial charge in [-0.1, -0.05) is 18.2 Å². The minimum Gasteiger partial charge on any atom is -0.493 e. The molecule has 2 N–H and O–H groups in total. The average Bonchev–Trinajstić information content (AvgIpc) is 3.26. The molecule has 3 rings (SSSR count). The maximum absolute atomic E-state index is 6.32. The molecule has 156 valence electrons. The summed E-state index contributed by atoms with van der Waals surface area (Å²) >= 11 is 0. The summed E-state index contributed by atoms with van der Waals surface area (Å²) in [4.78, 5) is 8.93. The number of hydrogen-bond donors (Lipinski definition) is 2. The van der Waals surface area contributed by atoms with Gasteiger partial charge in [0.15, 0.2) is 17.5 Å². The van der Waals surface area contributed by atoms with Crippen molar-refractivity contribution in [1.29, 1.82) is 0 Å². The van der Waals surface area contributed by atoms with Crippen LogP contribution in [-0.4, -0.2) is 37.2 Å². The third-order valence-electron chi connectivity index (χ3n) is 5.05. The predicted octanol–water partition coefficient (Wildman–Crippen LogP) is 3.71. The molecule has 6 nitrogen and oxygen atoms in total. The number of ether oxygens (including phenoxy) is 2. The lowest BCUT2D eigenvalue weighted by atomic mass is 10.1. The zero-order chi connectivity index (χ0) is 20.3. The molecule has 0 aliphatic heterocycles. The Morgan fingerprint density at radius 3 is 2.76 bits per heavy atom. The largest absolute Gasteiger partial charge is 0.493 e. The van der Waals surface area contributed by atoms with Crippen LogP contribution < -0.4 is 20.1 Å². The monoisotopic (exact) mass is 396 g/mol. The van der Waals surface area contributed by atoms with Crippen molar-refractivity contribution in [2.75, 3.05) is 20.2 Å². The molecule has 1 aromatic heterocycles. The van der Waals surface area contributed by atoms with E-state index in [2.05, 4.69) is 34.7 Å². The fourth-order valence-corrected chi connectivity index (χ4v) is 3.53. The van der Waals surface area contributed by atoms with E-state index in [4.69, 9.17) is 14.5 Å². The fraction of sp³-hybridized carbons (Fsp3) is 0.478. The van der Waals surface area contributed by atoms with Gasteiger partial charge in [-0.3, -0.25) is 4.98 Å². The molecule has 0 unspecified atom stereocenters. The number of aliphatic imine (C=N–C) groups is 1. The number of nitrogens with one attached hydrogen (secondary N) is 2. The summed E-state index contributed by atoms with van der Waals surface area (Å²) in [6.07, 6.45) is 9.56. The molecule has 0 saturated heterocycles. The number of aromatic nitrogens is 1. The van der Waals surface area contributed by atoms with Crippen LogP contribution in [0.4, 0.5) is 0 Å². The van der Waals surface area contributed by atoms with Gasteiger partial charge in [0.1, 0.15) is 0 Å². The lowest BCUT2D eigenvalue weighted by Crippen LogP contribution is -2.38. The Bertz CT molecular complexity index is 774. The predicted molar refractivity (Wildman–Crippen MR) is 117 cm³/mol. The van der Waals surface area contributed by atoms with Crippen molar-refractivity contribution in [2.24, 2.45) is 4.99 Å². The Morgan fingerprint density at radius 2 is 2.03 bits per heavy atom. The average molecular weight is 397 g/mol. The van der Waals surface area contributed by atoms with Crippen LogP contribution in [0.2, 0.25) is 0 Å². The Hall–Kier alpha value is -2.76. The SMILES string of the molecule is CCNC(=NCc1cccc(OC)c1OC1CCCC1)NCCc1cccnc1. The number of benzene rings is 1. The molecule has 1 aromatic carbocycles. The summed E-state index contributed by atoms with van der Waals surface area (Å²) in [6.45, 7) is 4.20. The minimum atomic E-state index is 0.278. The summed E-state index contributed by atoms with van der Waals surface area (Å²) in [5, 5.41) is 6.71. The van der Waals surface area contributed by atoms with E-state index in [0.29, 0.717) is 6.54 Å². The molecule has 1 saturated carbocycles. The van der Waals surface area contributed by atoms with Crippen LogP contribution >= 0.6 is 0 Å². The smallest absolute Gasteiger partial charge is 0.191 e. The summed E-state index contributed by atoms with van der Waals surface area (Å²) in [5.74, 6) is 2.40. The second-order valence-electron chi connectivity index (χ2n) is 7.21. The summed E-state index contributed by atoms with van der Waals surface area (Å²) < 4.78 is 11.9. The molecule has 1 fully saturated rings. The van der Waals surface area contributed by atoms with Gasteiger partial charge in [0.25, 0.3) is 0 Å². The molecule has 6 heteroatoms. The highest BCUT2D eigenvalue weighted by atomic mass is 16.5. The van der Waals surface area contributed by atoms with Crippen molar-refractivity contribution in [3.8, 4) is 11.5 Å². The van der Waals surface area contributed by atoms with Crippen LogP contribution in [0.3, 0.4) is 0 Å². The van der Waals surface area contributed by atoms with Crippen LogP contribution in [0.15, 0.2) is 47.7 Å². The number of para-hydroxylation sites is 1. The number of nitrogens with zero attached hydrogens (tertiary/aromatic N) is 2. The molecule has 2 aromatic rings. The summed E-state index contributed by atoms with van der Waals surface area (Å²) in [7, 11) is 1.69. The normalized spacial score (nSPS) is 14.6. The van der Waals surface area contributed by atoms with E-state index < -0.39 is 0 Å². The van der Waals surface area contributed by atoms with Gasteiger partial charge in [0.2, 0.25) is 0 Å². The first kappa shape index (κ1) is 21.0. The highest BCUT2D eigenvalue weighted by Crippen LogP contribution is 2.35. The van der Waals surface area contributed by atoms with Crippen molar-refractivity contribution in [2.45, 2.75) is 51.7 Å². The van der Waals surface area contributed by atoms with Gasteiger partial charge in [-0.2, -0.15) is 0 Å². The summed E-state index contributed by atoms with van der Waals surface area (Å²) in [5.41, 5.74) is 2.25. The molecule has 0 amide bonds. The summed E-state index contributed by atoms with van der Waals surface area (Å²) in [6, 6.07) is 10.1. The number of rotatable bonds is 9. The Kier molecular flexibility index (Phi) is 8.16. The third kappa shape index (κ3) is 6.38. The lowest BCUT2D eigenvalue weighted by molar-refractivity contribution is 0.198. The number of methoxy groups -OCH3 is 1. The molecule has 0 spiro atoms. The Morgan fingerprint density at radius 1 is 1.17 bits per heavy atom. The zero-order valence-electron chi connectivity index (χ0n) is 17.5. The third-order valence-corrected chi connectivity index (χ3v) is 5.05. The molecule has 0 bridgehead atoms. The molecular weight excluding hydrogens is 364 g/mol. The second kappa shape index (κ2) is 11.3. The first-order chi connectivity index (χ1) is 14.3. The van der Waals surface area contributed by atoms with E-state index in [9.17, 15) is 0 Å². The van der Waals surface area contributed by atoms with Gasteiger partial charge < -0.3 is 20.1 Å². The second-order valence-corrected chi connectivity index (χ2v) is 7.21. The van der Waals surface area contributed by atoms with Crippen molar-refractivity contribution in [3.05, 3.63) is 53.9 Å². The maximum atomic E-state index is 6.32. The van der Waals surface area contributed by atoms with Crippen LogP contribution in [0.25, 0.3) is 0 Å². The van der Waals surface area contributed by atoms with Gasteiger partial charge in [-0.05, 0) is 56.7 Å². The minimum absolute atomic E-state index is 0.278. The Balaban J connectivity index is 1.65. The quantitative estimate of drug-likeness (QED) is 0.500.